The van der Waals surface area contributed by atoms with Crippen molar-refractivity contribution in [2.24, 2.45) is 0 Å². The molecule has 8 nitrogen and oxygen atoms in total. The molecule has 2 N–H and O–H groups in total. The predicted molar refractivity (Wildman–Crippen MR) is 149 cm³/mol. The Balaban J connectivity index is 1.01. The Morgan fingerprint density at radius 1 is 0.923 bits per heavy atom. The van der Waals surface area contributed by atoms with Crippen molar-refractivity contribution >= 4 is 35.0 Å². The topological polar surface area (TPSA) is 83.1 Å². The molecule has 1 fully saturated rings. The molecule has 1 saturated heterocycles. The van der Waals surface area contributed by atoms with Gasteiger partial charge >= 0.3 is 0 Å². The van der Waals surface area contributed by atoms with Gasteiger partial charge in [-0.15, -0.1) is 0 Å². The van der Waals surface area contributed by atoms with E-state index in [1.807, 2.05) is 29.2 Å². The molecule has 0 radical (unpaired) electrons. The molecule has 3 heterocycles. The lowest BCUT2D eigenvalue weighted by Crippen LogP contribution is -2.48. The molecule has 3 aliphatic rings. The summed E-state index contributed by atoms with van der Waals surface area (Å²) in [6.07, 6.45) is 0. The van der Waals surface area contributed by atoms with E-state index in [-0.39, 0.29) is 30.5 Å². The van der Waals surface area contributed by atoms with E-state index >= 15 is 0 Å². The summed E-state index contributed by atoms with van der Waals surface area (Å²) in [6.45, 7) is 3.89. The van der Waals surface area contributed by atoms with Crippen molar-refractivity contribution in [2.45, 2.75) is 18.3 Å². The van der Waals surface area contributed by atoms with Crippen LogP contribution in [0.15, 0.2) is 60.7 Å². The van der Waals surface area contributed by atoms with Gasteiger partial charge in [-0.25, -0.2) is 4.39 Å². The van der Waals surface area contributed by atoms with Crippen LogP contribution in [-0.4, -0.2) is 66.4 Å². The summed E-state index contributed by atoms with van der Waals surface area (Å²) in [4.78, 5) is 30.2. The number of thioether (sulfide) groups is 1. The third-order valence-corrected chi connectivity index (χ3v) is 8.25. The maximum atomic E-state index is 13.2. The number of anilines is 2. The molecule has 3 aliphatic heterocycles. The molecule has 3 aromatic rings. The van der Waals surface area contributed by atoms with Gasteiger partial charge in [-0.1, -0.05) is 18.2 Å². The Morgan fingerprint density at radius 2 is 1.69 bits per heavy atom. The number of amides is 2. The SMILES string of the molecule is O=C1Nc2cc(C(=O)N3CCN(Cc4ccc5c(c4)OCO5)CC3)ccc2N[C@H]1CSCc1ccc(F)cc1. The van der Waals surface area contributed by atoms with Crippen LogP contribution in [0.4, 0.5) is 15.8 Å². The first-order valence-corrected chi connectivity index (χ1v) is 14.1. The number of benzene rings is 3. The minimum atomic E-state index is -0.387. The van der Waals surface area contributed by atoms with Crippen LogP contribution in [0.5, 0.6) is 11.5 Å². The molecule has 0 aliphatic carbocycles. The number of carbonyl (C=O) groups is 2. The number of hydrogen-bond acceptors (Lipinski definition) is 7. The van der Waals surface area contributed by atoms with Gasteiger partial charge in [-0.3, -0.25) is 14.5 Å². The van der Waals surface area contributed by atoms with Crippen LogP contribution in [0.1, 0.15) is 21.5 Å². The highest BCUT2D eigenvalue weighted by atomic mass is 32.2. The number of nitrogens with one attached hydrogen (secondary N) is 2. The van der Waals surface area contributed by atoms with Crippen molar-refractivity contribution in [3.63, 3.8) is 0 Å². The molecule has 0 saturated carbocycles. The Morgan fingerprint density at radius 3 is 2.51 bits per heavy atom. The summed E-state index contributed by atoms with van der Waals surface area (Å²) in [5, 5.41) is 6.24. The minimum absolute atomic E-state index is 0.0354. The molecule has 39 heavy (non-hydrogen) atoms. The van der Waals surface area contributed by atoms with Crippen molar-refractivity contribution < 1.29 is 23.5 Å². The molecular formula is C29H29FN4O4S. The van der Waals surface area contributed by atoms with E-state index < -0.39 is 0 Å². The second-order valence-electron chi connectivity index (χ2n) is 9.84. The Bertz CT molecular complexity index is 1380. The van der Waals surface area contributed by atoms with Crippen molar-refractivity contribution in [1.82, 2.24) is 9.80 Å². The quantitative estimate of drug-likeness (QED) is 0.459. The Kier molecular flexibility index (Phi) is 7.30. The monoisotopic (exact) mass is 548 g/mol. The molecule has 0 unspecified atom stereocenters. The van der Waals surface area contributed by atoms with E-state index in [0.29, 0.717) is 35.8 Å². The summed E-state index contributed by atoms with van der Waals surface area (Å²) in [5.74, 6) is 2.40. The van der Waals surface area contributed by atoms with Gasteiger partial charge in [-0.2, -0.15) is 11.8 Å². The van der Waals surface area contributed by atoms with Crippen LogP contribution in [-0.2, 0) is 17.1 Å². The number of hydrogen-bond donors (Lipinski definition) is 2. The summed E-state index contributed by atoms with van der Waals surface area (Å²) in [6, 6.07) is 17.4. The highest BCUT2D eigenvalue weighted by molar-refractivity contribution is 7.98. The molecule has 10 heteroatoms. The van der Waals surface area contributed by atoms with Crippen LogP contribution < -0.4 is 20.1 Å². The molecular weight excluding hydrogens is 519 g/mol. The van der Waals surface area contributed by atoms with E-state index in [2.05, 4.69) is 21.6 Å². The molecule has 1 atom stereocenters. The maximum Gasteiger partial charge on any atom is 0.254 e. The van der Waals surface area contributed by atoms with Crippen molar-refractivity contribution in [1.29, 1.82) is 0 Å². The number of carbonyl (C=O) groups excluding carboxylic acids is 2. The van der Waals surface area contributed by atoms with Crippen LogP contribution in [0.3, 0.4) is 0 Å². The van der Waals surface area contributed by atoms with Gasteiger partial charge in [0, 0.05) is 49.8 Å². The second-order valence-corrected chi connectivity index (χ2v) is 10.9. The van der Waals surface area contributed by atoms with Gasteiger partial charge in [-0.05, 0) is 53.6 Å². The molecule has 3 aromatic carbocycles. The van der Waals surface area contributed by atoms with Crippen LogP contribution >= 0.6 is 11.8 Å². The number of ether oxygens (including phenoxy) is 2. The highest BCUT2D eigenvalue weighted by Gasteiger charge is 2.28. The summed E-state index contributed by atoms with van der Waals surface area (Å²) in [7, 11) is 0. The van der Waals surface area contributed by atoms with Gasteiger partial charge in [0.25, 0.3) is 5.91 Å². The molecule has 0 aromatic heterocycles. The normalized spacial score (nSPS) is 18.3. The standard InChI is InChI=1S/C29H29FN4O4S/c30-22-5-1-19(2-6-22)16-39-17-25-28(35)32-24-14-21(4-7-23(24)31-25)29(36)34-11-9-33(10-12-34)15-20-3-8-26-27(13-20)38-18-37-26/h1-8,13-14,25,31H,9-12,15-18H2,(H,32,35)/t25-/m0/s1. The highest BCUT2D eigenvalue weighted by Crippen LogP contribution is 2.33. The Hall–Kier alpha value is -3.76. The van der Waals surface area contributed by atoms with Crippen LogP contribution in [0.25, 0.3) is 0 Å². The maximum absolute atomic E-state index is 13.2. The average Bonchev–Trinajstić information content (AvgIpc) is 3.42. The van der Waals surface area contributed by atoms with Gasteiger partial charge < -0.3 is 25.0 Å². The van der Waals surface area contributed by atoms with E-state index in [1.54, 1.807) is 30.0 Å². The van der Waals surface area contributed by atoms with Gasteiger partial charge in [0.05, 0.1) is 11.4 Å². The number of halogens is 1. The second kappa shape index (κ2) is 11.2. The lowest BCUT2D eigenvalue weighted by Gasteiger charge is -2.35. The van der Waals surface area contributed by atoms with Crippen LogP contribution in [0, 0.1) is 5.82 Å². The van der Waals surface area contributed by atoms with E-state index in [4.69, 9.17) is 9.47 Å². The minimum Gasteiger partial charge on any atom is -0.454 e. The number of rotatable bonds is 7. The first kappa shape index (κ1) is 25.5. The number of fused-ring (bicyclic) bond motifs is 2. The first-order valence-electron chi connectivity index (χ1n) is 13.0. The fourth-order valence-electron chi connectivity index (χ4n) is 4.96. The summed E-state index contributed by atoms with van der Waals surface area (Å²) >= 11 is 1.61. The third-order valence-electron chi connectivity index (χ3n) is 7.14. The first-order chi connectivity index (χ1) is 19.0. The van der Waals surface area contributed by atoms with E-state index in [9.17, 15) is 14.0 Å². The average molecular weight is 549 g/mol. The molecule has 2 amide bonds. The van der Waals surface area contributed by atoms with Crippen molar-refractivity contribution in [3.05, 3.63) is 83.2 Å². The fourth-order valence-corrected chi connectivity index (χ4v) is 5.98. The molecule has 6 rings (SSSR count). The Labute approximate surface area is 230 Å². The zero-order chi connectivity index (χ0) is 26.8. The summed E-state index contributed by atoms with van der Waals surface area (Å²) in [5.41, 5.74) is 4.14. The smallest absolute Gasteiger partial charge is 0.254 e. The summed E-state index contributed by atoms with van der Waals surface area (Å²) < 4.78 is 24.0. The lowest BCUT2D eigenvalue weighted by atomic mass is 10.1. The van der Waals surface area contributed by atoms with Crippen LogP contribution in [0.2, 0.25) is 0 Å². The van der Waals surface area contributed by atoms with E-state index in [1.165, 1.54) is 12.1 Å². The zero-order valence-corrected chi connectivity index (χ0v) is 22.1. The van der Waals surface area contributed by atoms with Gasteiger partial charge in [0.2, 0.25) is 12.7 Å². The van der Waals surface area contributed by atoms with E-state index in [0.717, 1.165) is 47.9 Å². The van der Waals surface area contributed by atoms with Crippen molar-refractivity contribution in [2.75, 3.05) is 49.4 Å². The largest absolute Gasteiger partial charge is 0.454 e. The van der Waals surface area contributed by atoms with Crippen molar-refractivity contribution in [3.8, 4) is 11.5 Å². The number of piperazine rings is 1. The fraction of sp³-hybridized carbons (Fsp3) is 0.310. The molecule has 0 bridgehead atoms. The van der Waals surface area contributed by atoms with Gasteiger partial charge in [0.1, 0.15) is 11.9 Å². The predicted octanol–water partition coefficient (Wildman–Crippen LogP) is 4.18. The number of nitrogens with zero attached hydrogens (tertiary/aromatic N) is 2. The lowest BCUT2D eigenvalue weighted by molar-refractivity contribution is -0.116. The zero-order valence-electron chi connectivity index (χ0n) is 21.3. The molecule has 0 spiro atoms. The third kappa shape index (κ3) is 5.81. The molecule has 202 valence electrons. The van der Waals surface area contributed by atoms with Gasteiger partial charge in [0.15, 0.2) is 11.5 Å².